The van der Waals surface area contributed by atoms with Crippen molar-refractivity contribution in [1.29, 1.82) is 0 Å². The van der Waals surface area contributed by atoms with Crippen LogP contribution in [0.4, 0.5) is 18.0 Å². The van der Waals surface area contributed by atoms with Crippen LogP contribution in [0.5, 0.6) is 5.75 Å². The van der Waals surface area contributed by atoms with Crippen molar-refractivity contribution in [2.45, 2.75) is 84.0 Å². The standard InChI is InChI=1S/C30H34F3N5O5S/c1-15-11-34-26(44-15)18-8-17(25(39)37-16(2)19-12-35-27(36-13-19)30(31,32)33)9-20(10-18)42-22-7-6-21-24(22)43-23(29(3,4)5)14-38(21)28(40)41/h8-13,16,21-24H,6-7,14H2,1-5H3,(H,37,39)(H,40,41)/t16-,21+,22+,23?,24-/m1/s1. The Labute approximate surface area is 256 Å². The molecule has 1 saturated heterocycles. The molecule has 10 nitrogen and oxygen atoms in total. The van der Waals surface area contributed by atoms with E-state index in [0.29, 0.717) is 34.7 Å². The summed E-state index contributed by atoms with van der Waals surface area (Å²) in [6.07, 6.45) is -2.01. The molecule has 2 aliphatic rings. The number of nitrogens with zero attached hydrogens (tertiary/aromatic N) is 4. The molecule has 44 heavy (non-hydrogen) atoms. The summed E-state index contributed by atoms with van der Waals surface area (Å²) in [5, 5.41) is 13.4. The van der Waals surface area contributed by atoms with Crippen molar-refractivity contribution in [3.05, 3.63) is 58.6 Å². The van der Waals surface area contributed by atoms with Crippen molar-refractivity contribution in [2.24, 2.45) is 5.41 Å². The van der Waals surface area contributed by atoms with Crippen molar-refractivity contribution >= 4 is 23.3 Å². The van der Waals surface area contributed by atoms with Gasteiger partial charge in [0.15, 0.2) is 0 Å². The molecule has 2 aromatic heterocycles. The molecular formula is C30H34F3N5O5S. The van der Waals surface area contributed by atoms with Gasteiger partial charge in [-0.05, 0) is 50.3 Å². The van der Waals surface area contributed by atoms with Gasteiger partial charge in [-0.15, -0.1) is 11.3 Å². The van der Waals surface area contributed by atoms with Crippen LogP contribution in [-0.4, -0.2) is 67.9 Å². The Morgan fingerprint density at radius 3 is 2.41 bits per heavy atom. The van der Waals surface area contributed by atoms with Crippen LogP contribution in [0.2, 0.25) is 0 Å². The van der Waals surface area contributed by atoms with Gasteiger partial charge in [-0.3, -0.25) is 9.69 Å². The molecule has 0 bridgehead atoms. The summed E-state index contributed by atoms with van der Waals surface area (Å²) in [6, 6.07) is 4.00. The van der Waals surface area contributed by atoms with Crippen LogP contribution in [-0.2, 0) is 10.9 Å². The van der Waals surface area contributed by atoms with Gasteiger partial charge >= 0.3 is 12.3 Å². The molecule has 1 unspecified atom stereocenters. The summed E-state index contributed by atoms with van der Waals surface area (Å²) in [5.74, 6) is -1.36. The van der Waals surface area contributed by atoms with Gasteiger partial charge in [0.05, 0.1) is 24.7 Å². The number of fused-ring (bicyclic) bond motifs is 1. The largest absolute Gasteiger partial charge is 0.488 e. The van der Waals surface area contributed by atoms with E-state index in [-0.39, 0.29) is 29.7 Å². The van der Waals surface area contributed by atoms with Gasteiger partial charge in [-0.25, -0.2) is 19.7 Å². The van der Waals surface area contributed by atoms with Crippen LogP contribution in [0.15, 0.2) is 36.8 Å². The first-order valence-electron chi connectivity index (χ1n) is 14.2. The minimum atomic E-state index is -4.67. The topological polar surface area (TPSA) is 127 Å². The smallest absolute Gasteiger partial charge is 0.451 e. The van der Waals surface area contributed by atoms with Gasteiger partial charge in [0, 0.05) is 40.2 Å². The lowest BCUT2D eigenvalue weighted by Gasteiger charge is -2.45. The van der Waals surface area contributed by atoms with E-state index in [0.717, 1.165) is 17.3 Å². The van der Waals surface area contributed by atoms with Gasteiger partial charge in [0.25, 0.3) is 5.91 Å². The number of amides is 2. The van der Waals surface area contributed by atoms with Gasteiger partial charge in [0.2, 0.25) is 5.82 Å². The van der Waals surface area contributed by atoms with Gasteiger partial charge in [-0.1, -0.05) is 20.8 Å². The molecule has 0 spiro atoms. The zero-order valence-corrected chi connectivity index (χ0v) is 25.7. The molecular weight excluding hydrogens is 599 g/mol. The third-order valence-corrected chi connectivity index (χ3v) is 8.85. The number of nitrogens with one attached hydrogen (secondary N) is 1. The van der Waals surface area contributed by atoms with Crippen LogP contribution in [0.3, 0.4) is 0 Å². The molecule has 236 valence electrons. The first kappa shape index (κ1) is 31.6. The molecule has 5 atom stereocenters. The van der Waals surface area contributed by atoms with Crippen molar-refractivity contribution in [3.63, 3.8) is 0 Å². The second-order valence-electron chi connectivity index (χ2n) is 12.2. The van der Waals surface area contributed by atoms with Crippen molar-refractivity contribution in [1.82, 2.24) is 25.2 Å². The van der Waals surface area contributed by atoms with Crippen molar-refractivity contribution < 1.29 is 37.3 Å². The van der Waals surface area contributed by atoms with Crippen LogP contribution < -0.4 is 10.1 Å². The maximum Gasteiger partial charge on any atom is 0.451 e. The summed E-state index contributed by atoms with van der Waals surface area (Å²) >= 11 is 1.45. The summed E-state index contributed by atoms with van der Waals surface area (Å²) in [6.45, 7) is 9.83. The van der Waals surface area contributed by atoms with Crippen LogP contribution in [0.1, 0.15) is 73.2 Å². The number of carbonyl (C=O) groups excluding carboxylic acids is 1. The molecule has 1 aromatic carbocycles. The number of hydrogen-bond donors (Lipinski definition) is 2. The van der Waals surface area contributed by atoms with Crippen LogP contribution in [0, 0.1) is 12.3 Å². The maximum atomic E-state index is 13.4. The van der Waals surface area contributed by atoms with E-state index in [1.165, 1.54) is 16.2 Å². The number of thiazole rings is 1. The number of alkyl halides is 3. The molecule has 0 radical (unpaired) electrons. The molecule has 2 N–H and O–H groups in total. The molecule has 1 aliphatic carbocycles. The van der Waals surface area contributed by atoms with Gasteiger partial charge in [-0.2, -0.15) is 13.2 Å². The fraction of sp³-hybridized carbons (Fsp3) is 0.500. The number of morpholine rings is 1. The number of carboxylic acid groups (broad SMARTS) is 1. The molecule has 2 fully saturated rings. The molecule has 3 heterocycles. The predicted molar refractivity (Wildman–Crippen MR) is 155 cm³/mol. The Balaban J connectivity index is 1.40. The van der Waals surface area contributed by atoms with Crippen molar-refractivity contribution in [2.75, 3.05) is 6.54 Å². The van der Waals surface area contributed by atoms with E-state index in [1.807, 2.05) is 27.7 Å². The average Bonchev–Trinajstić information content (AvgIpc) is 3.57. The molecule has 3 aromatic rings. The summed E-state index contributed by atoms with van der Waals surface area (Å²) in [7, 11) is 0. The molecule has 5 rings (SSSR count). The van der Waals surface area contributed by atoms with Crippen LogP contribution >= 0.6 is 11.3 Å². The minimum absolute atomic E-state index is 0.254. The minimum Gasteiger partial charge on any atom is -0.488 e. The Hall–Kier alpha value is -3.78. The normalized spacial score (nSPS) is 22.8. The highest BCUT2D eigenvalue weighted by Crippen LogP contribution is 2.40. The number of rotatable bonds is 6. The molecule has 2 amide bonds. The Bertz CT molecular complexity index is 1520. The highest BCUT2D eigenvalue weighted by molar-refractivity contribution is 7.14. The first-order chi connectivity index (χ1) is 20.6. The maximum absolute atomic E-state index is 13.4. The lowest BCUT2D eigenvalue weighted by atomic mass is 9.87. The quantitative estimate of drug-likeness (QED) is 0.333. The number of halogens is 3. The third kappa shape index (κ3) is 6.80. The summed E-state index contributed by atoms with van der Waals surface area (Å²) in [5.41, 5.74) is 0.908. The summed E-state index contributed by atoms with van der Waals surface area (Å²) < 4.78 is 51.6. The average molecular weight is 634 g/mol. The zero-order chi connectivity index (χ0) is 32.0. The number of carbonyl (C=O) groups is 2. The number of aryl methyl sites for hydroxylation is 1. The third-order valence-electron chi connectivity index (χ3n) is 7.89. The van der Waals surface area contributed by atoms with Gasteiger partial charge < -0.3 is 19.9 Å². The van der Waals surface area contributed by atoms with E-state index in [9.17, 15) is 27.9 Å². The molecule has 1 aliphatic heterocycles. The molecule has 14 heteroatoms. The fourth-order valence-electron chi connectivity index (χ4n) is 5.45. The van der Waals surface area contributed by atoms with E-state index < -0.39 is 42.3 Å². The Kier molecular flexibility index (Phi) is 8.60. The number of hydrogen-bond acceptors (Lipinski definition) is 8. The van der Waals surface area contributed by atoms with E-state index in [4.69, 9.17) is 9.47 Å². The summed E-state index contributed by atoms with van der Waals surface area (Å²) in [4.78, 5) is 39.2. The lowest BCUT2D eigenvalue weighted by Crippen LogP contribution is -2.59. The highest BCUT2D eigenvalue weighted by atomic mass is 32.1. The van der Waals surface area contributed by atoms with E-state index >= 15 is 0 Å². The van der Waals surface area contributed by atoms with Crippen molar-refractivity contribution in [3.8, 4) is 16.3 Å². The predicted octanol–water partition coefficient (Wildman–Crippen LogP) is 6.12. The number of aromatic nitrogens is 3. The second-order valence-corrected chi connectivity index (χ2v) is 13.5. The first-order valence-corrected chi connectivity index (χ1v) is 15.0. The zero-order valence-electron chi connectivity index (χ0n) is 24.9. The Morgan fingerprint density at radius 1 is 1.11 bits per heavy atom. The second kappa shape index (κ2) is 12.0. The van der Waals surface area contributed by atoms with Crippen LogP contribution in [0.25, 0.3) is 10.6 Å². The van der Waals surface area contributed by atoms with E-state index in [2.05, 4.69) is 20.3 Å². The lowest BCUT2D eigenvalue weighted by molar-refractivity contribution is -0.156. The SMILES string of the molecule is Cc1cnc(-c2cc(O[C@H]3CC[C@H]4[C@H]3OC(C(C)(C)C)CN4C(=O)O)cc(C(=O)N[C@H](C)c3cnc(C(F)(F)F)nc3)c2)s1. The van der Waals surface area contributed by atoms with E-state index in [1.54, 1.807) is 31.3 Å². The Morgan fingerprint density at radius 2 is 1.82 bits per heavy atom. The number of ether oxygens (including phenoxy) is 2. The monoisotopic (exact) mass is 633 g/mol. The van der Waals surface area contributed by atoms with Gasteiger partial charge in [0.1, 0.15) is 23.0 Å². The molecule has 1 saturated carbocycles. The highest BCUT2D eigenvalue weighted by Gasteiger charge is 2.50. The fourth-order valence-corrected chi connectivity index (χ4v) is 6.20. The number of benzene rings is 1.